The maximum absolute atomic E-state index is 12.3. The smallest absolute Gasteiger partial charge is 0.263 e. The highest BCUT2D eigenvalue weighted by molar-refractivity contribution is 8.16. The Labute approximate surface area is 144 Å². The molecule has 2 aromatic rings. The highest BCUT2D eigenvalue weighted by Crippen LogP contribution is 2.35. The van der Waals surface area contributed by atoms with Gasteiger partial charge in [0.1, 0.15) is 4.90 Å². The number of aliphatic imine (C=N–C) groups is 1. The minimum atomic E-state index is -3.62. The van der Waals surface area contributed by atoms with Crippen LogP contribution in [0.3, 0.4) is 0 Å². The van der Waals surface area contributed by atoms with Crippen molar-refractivity contribution in [2.45, 2.75) is 4.90 Å². The third kappa shape index (κ3) is 2.78. The molecule has 2 aliphatic heterocycles. The summed E-state index contributed by atoms with van der Waals surface area (Å²) in [5, 5.41) is 3.11. The zero-order valence-electron chi connectivity index (χ0n) is 12.6. The minimum absolute atomic E-state index is 0.141. The molecule has 4 rings (SSSR count). The molecule has 122 valence electrons. The Morgan fingerprint density at radius 3 is 2.75 bits per heavy atom. The number of hydrogen-bond donors (Lipinski definition) is 1. The highest BCUT2D eigenvalue weighted by Gasteiger charge is 2.27. The van der Waals surface area contributed by atoms with Crippen LogP contribution in [0.5, 0.6) is 0 Å². The van der Waals surface area contributed by atoms with Gasteiger partial charge < -0.3 is 4.90 Å². The van der Waals surface area contributed by atoms with E-state index in [0.717, 1.165) is 29.5 Å². The average molecular weight is 358 g/mol. The topological polar surface area (TPSA) is 74.7 Å². The molecule has 0 amide bonds. The first-order valence-corrected chi connectivity index (χ1v) is 9.72. The Hall–Kier alpha value is -2.32. The van der Waals surface area contributed by atoms with Crippen LogP contribution in [0.25, 0.3) is 5.70 Å². The molecular formula is C16H14N4O2S2. The van der Waals surface area contributed by atoms with Gasteiger partial charge in [-0.3, -0.25) is 14.7 Å². The molecule has 0 fully saturated rings. The number of thioether (sulfide) groups is 1. The van der Waals surface area contributed by atoms with Crippen molar-refractivity contribution in [1.29, 1.82) is 0 Å². The van der Waals surface area contributed by atoms with E-state index in [1.54, 1.807) is 30.0 Å². The molecule has 0 unspecified atom stereocenters. The molecule has 0 saturated heterocycles. The Kier molecular flexibility index (Phi) is 3.78. The third-order valence-electron chi connectivity index (χ3n) is 3.75. The summed E-state index contributed by atoms with van der Waals surface area (Å²) in [7, 11) is -3.62. The van der Waals surface area contributed by atoms with Crippen LogP contribution in [0.1, 0.15) is 5.56 Å². The van der Waals surface area contributed by atoms with Crippen molar-refractivity contribution in [3.05, 3.63) is 59.8 Å². The molecule has 0 bridgehead atoms. The van der Waals surface area contributed by atoms with Gasteiger partial charge in [-0.1, -0.05) is 23.9 Å². The average Bonchev–Trinajstić information content (AvgIpc) is 3.20. The number of amidine groups is 1. The summed E-state index contributed by atoms with van der Waals surface area (Å²) in [6.07, 6.45) is 2.86. The molecule has 1 aromatic heterocycles. The number of aromatic nitrogens is 1. The van der Waals surface area contributed by atoms with E-state index in [4.69, 9.17) is 0 Å². The molecule has 0 saturated carbocycles. The first-order valence-electron chi connectivity index (χ1n) is 7.36. The molecule has 0 spiro atoms. The number of nitrogens with one attached hydrogen (secondary N) is 1. The van der Waals surface area contributed by atoms with Crippen LogP contribution < -0.4 is 4.72 Å². The molecular weight excluding hydrogens is 344 g/mol. The van der Waals surface area contributed by atoms with Gasteiger partial charge in [0.15, 0.2) is 5.17 Å². The van der Waals surface area contributed by atoms with E-state index >= 15 is 0 Å². The fraction of sp³-hybridized carbons (Fsp3) is 0.125. The largest absolute Gasteiger partial charge is 0.318 e. The van der Waals surface area contributed by atoms with Crippen LogP contribution in [0, 0.1) is 0 Å². The first kappa shape index (κ1) is 15.2. The van der Waals surface area contributed by atoms with Crippen molar-refractivity contribution in [3.63, 3.8) is 0 Å². The zero-order chi connectivity index (χ0) is 16.6. The minimum Gasteiger partial charge on any atom is -0.318 e. The maximum atomic E-state index is 12.3. The molecule has 3 heterocycles. The van der Waals surface area contributed by atoms with Gasteiger partial charge in [0, 0.05) is 30.0 Å². The molecule has 0 aliphatic carbocycles. The summed E-state index contributed by atoms with van der Waals surface area (Å²) in [6, 6.07) is 10.5. The molecule has 1 aromatic carbocycles. The van der Waals surface area contributed by atoms with E-state index in [1.165, 1.54) is 18.5 Å². The van der Waals surface area contributed by atoms with Crippen molar-refractivity contribution < 1.29 is 8.42 Å². The summed E-state index contributed by atoms with van der Waals surface area (Å²) in [6.45, 7) is 1.71. The van der Waals surface area contributed by atoms with Gasteiger partial charge in [0.05, 0.1) is 12.2 Å². The van der Waals surface area contributed by atoms with Gasteiger partial charge in [-0.15, -0.1) is 0 Å². The third-order valence-corrected chi connectivity index (χ3v) is 6.01. The summed E-state index contributed by atoms with van der Waals surface area (Å²) in [5.41, 5.74) is 2.67. The van der Waals surface area contributed by atoms with Gasteiger partial charge in [0.2, 0.25) is 0 Å². The predicted octanol–water partition coefficient (Wildman–Crippen LogP) is 2.60. The Morgan fingerprint density at radius 2 is 2.00 bits per heavy atom. The van der Waals surface area contributed by atoms with E-state index in [9.17, 15) is 8.42 Å². The highest BCUT2D eigenvalue weighted by atomic mass is 32.2. The number of nitrogens with zero attached hydrogens (tertiary/aromatic N) is 3. The lowest BCUT2D eigenvalue weighted by molar-refractivity contribution is 0.601. The van der Waals surface area contributed by atoms with Crippen LogP contribution >= 0.6 is 11.8 Å². The van der Waals surface area contributed by atoms with Gasteiger partial charge in [-0.2, -0.15) is 0 Å². The van der Waals surface area contributed by atoms with E-state index in [2.05, 4.69) is 25.0 Å². The lowest BCUT2D eigenvalue weighted by atomic mass is 10.1. The number of anilines is 1. The van der Waals surface area contributed by atoms with E-state index < -0.39 is 10.0 Å². The van der Waals surface area contributed by atoms with Gasteiger partial charge in [0.25, 0.3) is 10.0 Å². The van der Waals surface area contributed by atoms with Crippen molar-refractivity contribution in [2.24, 2.45) is 4.99 Å². The fourth-order valence-electron chi connectivity index (χ4n) is 2.58. The Bertz CT molecular complexity index is 922. The van der Waals surface area contributed by atoms with Crippen molar-refractivity contribution in [2.75, 3.05) is 17.8 Å². The number of pyridine rings is 1. The second-order valence-electron chi connectivity index (χ2n) is 5.31. The van der Waals surface area contributed by atoms with Crippen LogP contribution in [-0.4, -0.2) is 36.6 Å². The fourth-order valence-corrected chi connectivity index (χ4v) is 4.56. The number of benzene rings is 1. The standard InChI is InChI=1S/C16H14N4O2S2/c21-24(22,14-2-1-7-17-10-14)19-13-5-3-12(4-6-13)15-11-23-16-18-8-9-20(15)16/h1-7,10-11,19H,8-9H2. The van der Waals surface area contributed by atoms with Crippen LogP contribution in [0.4, 0.5) is 5.69 Å². The van der Waals surface area contributed by atoms with Crippen LogP contribution in [0.15, 0.2) is 64.1 Å². The molecule has 8 heteroatoms. The van der Waals surface area contributed by atoms with E-state index in [-0.39, 0.29) is 4.90 Å². The lowest BCUT2D eigenvalue weighted by Crippen LogP contribution is -2.19. The Balaban J connectivity index is 1.54. The van der Waals surface area contributed by atoms with Crippen molar-refractivity contribution in [3.8, 4) is 0 Å². The van der Waals surface area contributed by atoms with Gasteiger partial charge in [-0.25, -0.2) is 8.42 Å². The number of hydrogen-bond acceptors (Lipinski definition) is 6. The summed E-state index contributed by atoms with van der Waals surface area (Å²) >= 11 is 1.62. The monoisotopic (exact) mass is 358 g/mol. The second kappa shape index (κ2) is 5.95. The van der Waals surface area contributed by atoms with E-state index in [0.29, 0.717) is 5.69 Å². The molecule has 24 heavy (non-hydrogen) atoms. The molecule has 0 radical (unpaired) electrons. The summed E-state index contributed by atoms with van der Waals surface area (Å²) in [5.74, 6) is 0. The normalized spacial score (nSPS) is 16.6. The first-order chi connectivity index (χ1) is 11.6. The second-order valence-corrected chi connectivity index (χ2v) is 7.83. The zero-order valence-corrected chi connectivity index (χ0v) is 14.2. The van der Waals surface area contributed by atoms with Crippen LogP contribution in [0.2, 0.25) is 0 Å². The predicted molar refractivity (Wildman–Crippen MR) is 96.1 cm³/mol. The SMILES string of the molecule is O=S(=O)(Nc1ccc(C2=CSC3=NCCN23)cc1)c1cccnc1. The van der Waals surface area contributed by atoms with Crippen molar-refractivity contribution in [1.82, 2.24) is 9.88 Å². The molecule has 0 atom stereocenters. The summed E-state index contributed by atoms with van der Waals surface area (Å²) < 4.78 is 27.2. The molecule has 1 N–H and O–H groups in total. The lowest BCUT2D eigenvalue weighted by Gasteiger charge is -2.17. The Morgan fingerprint density at radius 1 is 1.17 bits per heavy atom. The molecule has 2 aliphatic rings. The summed E-state index contributed by atoms with van der Waals surface area (Å²) in [4.78, 5) is 10.6. The quantitative estimate of drug-likeness (QED) is 0.909. The van der Waals surface area contributed by atoms with Crippen LogP contribution in [-0.2, 0) is 10.0 Å². The number of rotatable bonds is 4. The molecule has 6 nitrogen and oxygen atoms in total. The number of sulfonamides is 1. The van der Waals surface area contributed by atoms with Crippen molar-refractivity contribution >= 4 is 38.3 Å². The van der Waals surface area contributed by atoms with Gasteiger partial charge >= 0.3 is 0 Å². The maximum Gasteiger partial charge on any atom is 0.263 e. The number of fused-ring (bicyclic) bond motifs is 1. The van der Waals surface area contributed by atoms with Gasteiger partial charge in [-0.05, 0) is 29.8 Å². The van der Waals surface area contributed by atoms with E-state index in [1.807, 2.05) is 12.1 Å².